The lowest BCUT2D eigenvalue weighted by molar-refractivity contribution is 0.392. The summed E-state index contributed by atoms with van der Waals surface area (Å²) >= 11 is 1.98. The largest absolute Gasteiger partial charge is 0.361 e. The molecule has 0 aliphatic heterocycles. The summed E-state index contributed by atoms with van der Waals surface area (Å²) < 4.78 is 5.53. The number of rotatable bonds is 8. The van der Waals surface area contributed by atoms with Crippen LogP contribution in [0.4, 0.5) is 0 Å². The van der Waals surface area contributed by atoms with Crippen LogP contribution in [0, 0.1) is 13.8 Å². The molecule has 0 unspecified atom stereocenters. The average Bonchev–Trinajstić information content (AvgIpc) is 3.34. The molecule has 1 saturated carbocycles. The molecule has 1 aliphatic carbocycles. The molecule has 2 N–H and O–H groups in total. The molecule has 3 rings (SSSR count). The van der Waals surface area contributed by atoms with Gasteiger partial charge in [0.25, 0.3) is 0 Å². The van der Waals surface area contributed by atoms with Gasteiger partial charge in [0.15, 0.2) is 5.96 Å². The lowest BCUT2D eigenvalue weighted by Gasteiger charge is -2.18. The Kier molecular flexibility index (Phi) is 6.25. The lowest BCUT2D eigenvalue weighted by atomic mass is 10.1. The normalized spacial score (nSPS) is 15.7. The zero-order valence-corrected chi connectivity index (χ0v) is 16.7. The SMILES string of the molecule is CN=C(NCCCc1c(C)noc1C)NCC1(Sc2ccccc2)CC1. The third-order valence-electron chi connectivity index (χ3n) is 4.76. The van der Waals surface area contributed by atoms with Crippen molar-refractivity contribution < 1.29 is 4.52 Å². The molecule has 0 atom stereocenters. The van der Waals surface area contributed by atoms with Crippen LogP contribution in [-0.2, 0) is 6.42 Å². The van der Waals surface area contributed by atoms with Crippen molar-refractivity contribution >= 4 is 17.7 Å². The second kappa shape index (κ2) is 8.62. The highest BCUT2D eigenvalue weighted by Gasteiger charge is 2.43. The van der Waals surface area contributed by atoms with Crippen molar-refractivity contribution in [3.8, 4) is 0 Å². The predicted octanol–water partition coefficient (Wildman–Crippen LogP) is 3.71. The highest BCUT2D eigenvalue weighted by Crippen LogP contribution is 2.51. The topological polar surface area (TPSA) is 62.5 Å². The summed E-state index contributed by atoms with van der Waals surface area (Å²) in [5, 5.41) is 10.9. The first kappa shape index (κ1) is 18.8. The molecule has 26 heavy (non-hydrogen) atoms. The van der Waals surface area contributed by atoms with Gasteiger partial charge in [-0.05, 0) is 51.7 Å². The molecule has 1 fully saturated rings. The number of nitrogens with one attached hydrogen (secondary N) is 2. The second-order valence-electron chi connectivity index (χ2n) is 6.86. The number of aliphatic imine (C=N–C) groups is 1. The number of aryl methyl sites for hydroxylation is 2. The van der Waals surface area contributed by atoms with Gasteiger partial charge in [0.05, 0.1) is 5.69 Å². The summed E-state index contributed by atoms with van der Waals surface area (Å²) in [6, 6.07) is 10.6. The number of aromatic nitrogens is 1. The van der Waals surface area contributed by atoms with Gasteiger partial charge >= 0.3 is 0 Å². The minimum absolute atomic E-state index is 0.315. The highest BCUT2D eigenvalue weighted by atomic mass is 32.2. The van der Waals surface area contributed by atoms with Crippen LogP contribution in [0.15, 0.2) is 44.7 Å². The molecule has 1 aliphatic rings. The molecule has 0 saturated heterocycles. The van der Waals surface area contributed by atoms with E-state index in [0.717, 1.165) is 43.3 Å². The Labute approximate surface area is 160 Å². The molecule has 0 bridgehead atoms. The van der Waals surface area contributed by atoms with Crippen LogP contribution in [0.5, 0.6) is 0 Å². The minimum atomic E-state index is 0.315. The maximum atomic E-state index is 5.22. The Hall–Kier alpha value is -1.95. The first-order chi connectivity index (χ1) is 12.6. The number of hydrogen-bond donors (Lipinski definition) is 2. The molecule has 1 aromatic carbocycles. The van der Waals surface area contributed by atoms with Crippen molar-refractivity contribution in [2.75, 3.05) is 20.1 Å². The molecule has 6 heteroatoms. The van der Waals surface area contributed by atoms with E-state index in [2.05, 4.69) is 51.1 Å². The minimum Gasteiger partial charge on any atom is -0.361 e. The number of nitrogens with zero attached hydrogens (tertiary/aromatic N) is 2. The first-order valence-corrected chi connectivity index (χ1v) is 10.0. The van der Waals surface area contributed by atoms with Gasteiger partial charge in [-0.2, -0.15) is 0 Å². The summed E-state index contributed by atoms with van der Waals surface area (Å²) in [4.78, 5) is 5.69. The van der Waals surface area contributed by atoms with Crippen molar-refractivity contribution in [2.24, 2.45) is 4.99 Å². The Morgan fingerprint density at radius 3 is 2.62 bits per heavy atom. The van der Waals surface area contributed by atoms with Gasteiger partial charge in [-0.3, -0.25) is 4.99 Å². The zero-order valence-electron chi connectivity index (χ0n) is 15.8. The Bertz CT molecular complexity index is 718. The van der Waals surface area contributed by atoms with Crippen molar-refractivity contribution in [3.05, 3.63) is 47.3 Å². The van der Waals surface area contributed by atoms with Gasteiger partial charge in [-0.1, -0.05) is 23.4 Å². The molecule has 0 amide bonds. The molecule has 0 radical (unpaired) electrons. The standard InChI is InChI=1S/C20H28N4OS/c1-15-18(16(2)25-24-15)10-7-13-22-19(21-3)23-14-20(11-12-20)26-17-8-5-4-6-9-17/h4-6,8-9H,7,10-14H2,1-3H3,(H2,21,22,23). The van der Waals surface area contributed by atoms with E-state index in [9.17, 15) is 0 Å². The molecule has 2 aromatic rings. The van der Waals surface area contributed by atoms with E-state index in [1.807, 2.05) is 32.7 Å². The van der Waals surface area contributed by atoms with Crippen molar-refractivity contribution in [1.82, 2.24) is 15.8 Å². The zero-order chi connectivity index (χ0) is 18.4. The monoisotopic (exact) mass is 372 g/mol. The Morgan fingerprint density at radius 2 is 2.00 bits per heavy atom. The molecule has 1 aromatic heterocycles. The van der Waals surface area contributed by atoms with Crippen molar-refractivity contribution in [2.45, 2.75) is 49.2 Å². The van der Waals surface area contributed by atoms with Gasteiger partial charge in [-0.15, -0.1) is 11.8 Å². The third-order valence-corrected chi connectivity index (χ3v) is 6.26. The maximum Gasteiger partial charge on any atom is 0.191 e. The molecular weight excluding hydrogens is 344 g/mol. The van der Waals surface area contributed by atoms with Gasteiger partial charge in [0, 0.05) is 35.3 Å². The van der Waals surface area contributed by atoms with Gasteiger partial charge < -0.3 is 15.2 Å². The molecule has 140 valence electrons. The second-order valence-corrected chi connectivity index (χ2v) is 8.40. The predicted molar refractivity (Wildman–Crippen MR) is 108 cm³/mol. The van der Waals surface area contributed by atoms with Crippen LogP contribution < -0.4 is 10.6 Å². The van der Waals surface area contributed by atoms with Crippen LogP contribution in [-0.4, -0.2) is 36.0 Å². The van der Waals surface area contributed by atoms with Crippen LogP contribution >= 0.6 is 11.8 Å². The number of thioether (sulfide) groups is 1. The maximum absolute atomic E-state index is 5.22. The van der Waals surface area contributed by atoms with Crippen LogP contribution in [0.2, 0.25) is 0 Å². The molecule has 1 heterocycles. The van der Waals surface area contributed by atoms with Crippen molar-refractivity contribution in [3.63, 3.8) is 0 Å². The summed E-state index contributed by atoms with van der Waals surface area (Å²) in [7, 11) is 1.83. The van der Waals surface area contributed by atoms with Crippen LogP contribution in [0.3, 0.4) is 0 Å². The fourth-order valence-electron chi connectivity index (χ4n) is 2.99. The van der Waals surface area contributed by atoms with E-state index >= 15 is 0 Å². The number of benzene rings is 1. The fraction of sp³-hybridized carbons (Fsp3) is 0.500. The van der Waals surface area contributed by atoms with Crippen molar-refractivity contribution in [1.29, 1.82) is 0 Å². The lowest BCUT2D eigenvalue weighted by Crippen LogP contribution is -2.41. The molecule has 5 nitrogen and oxygen atoms in total. The number of hydrogen-bond acceptors (Lipinski definition) is 4. The number of guanidine groups is 1. The van der Waals surface area contributed by atoms with Crippen LogP contribution in [0.1, 0.15) is 36.3 Å². The van der Waals surface area contributed by atoms with E-state index < -0.39 is 0 Å². The van der Waals surface area contributed by atoms with Gasteiger partial charge in [0.2, 0.25) is 0 Å². The van der Waals surface area contributed by atoms with E-state index in [-0.39, 0.29) is 0 Å². The summed E-state index contributed by atoms with van der Waals surface area (Å²) in [6.07, 6.45) is 4.50. The Morgan fingerprint density at radius 1 is 1.23 bits per heavy atom. The van der Waals surface area contributed by atoms with Gasteiger partial charge in [0.1, 0.15) is 5.76 Å². The summed E-state index contributed by atoms with van der Waals surface area (Å²) in [5.74, 6) is 1.81. The first-order valence-electron chi connectivity index (χ1n) is 9.22. The van der Waals surface area contributed by atoms with E-state index in [0.29, 0.717) is 4.75 Å². The summed E-state index contributed by atoms with van der Waals surface area (Å²) in [5.41, 5.74) is 2.23. The highest BCUT2D eigenvalue weighted by molar-refractivity contribution is 8.01. The van der Waals surface area contributed by atoms with E-state index in [1.165, 1.54) is 23.3 Å². The average molecular weight is 373 g/mol. The van der Waals surface area contributed by atoms with Crippen LogP contribution in [0.25, 0.3) is 0 Å². The quantitative estimate of drug-likeness (QED) is 0.420. The summed E-state index contributed by atoms with van der Waals surface area (Å²) in [6.45, 7) is 5.79. The van der Waals surface area contributed by atoms with E-state index in [1.54, 1.807) is 0 Å². The molecule has 0 spiro atoms. The Balaban J connectivity index is 1.40. The fourth-order valence-corrected chi connectivity index (χ4v) is 4.23. The molecular formula is C20H28N4OS. The van der Waals surface area contributed by atoms with E-state index in [4.69, 9.17) is 4.52 Å². The smallest absolute Gasteiger partial charge is 0.191 e. The third kappa shape index (κ3) is 5.04. The van der Waals surface area contributed by atoms with Gasteiger partial charge in [-0.25, -0.2) is 0 Å².